The highest BCUT2D eigenvalue weighted by Crippen LogP contribution is 2.40. The molecular formula is C21H31N3O2. The molecule has 2 aliphatic heterocycles. The Morgan fingerprint density at radius 3 is 2.77 bits per heavy atom. The van der Waals surface area contributed by atoms with Crippen molar-refractivity contribution in [1.82, 2.24) is 16.0 Å². The van der Waals surface area contributed by atoms with Crippen molar-refractivity contribution >= 4 is 6.09 Å². The summed E-state index contributed by atoms with van der Waals surface area (Å²) in [6.45, 7) is 3.79. The maximum atomic E-state index is 12.1. The summed E-state index contributed by atoms with van der Waals surface area (Å²) in [5.74, 6) is 2.28. The topological polar surface area (TPSA) is 62.4 Å². The van der Waals surface area contributed by atoms with Gasteiger partial charge in [0.2, 0.25) is 0 Å². The Balaban J connectivity index is 1.22. The van der Waals surface area contributed by atoms with Crippen molar-refractivity contribution in [2.45, 2.75) is 50.8 Å². The number of alkyl carbamates (subject to hydrolysis) is 1. The van der Waals surface area contributed by atoms with Gasteiger partial charge in [0.05, 0.1) is 0 Å². The second kappa shape index (κ2) is 8.40. The van der Waals surface area contributed by atoms with E-state index in [4.69, 9.17) is 4.74 Å². The summed E-state index contributed by atoms with van der Waals surface area (Å²) in [5, 5.41) is 10.3. The van der Waals surface area contributed by atoms with Crippen LogP contribution < -0.4 is 16.0 Å². The molecule has 4 rings (SSSR count). The predicted octanol–water partition coefficient (Wildman–Crippen LogP) is 2.67. The third-order valence-corrected chi connectivity index (χ3v) is 6.49. The summed E-state index contributed by atoms with van der Waals surface area (Å²) in [5.41, 5.74) is 1.03. The summed E-state index contributed by atoms with van der Waals surface area (Å²) < 4.78 is 5.39. The molecule has 3 fully saturated rings. The fourth-order valence-electron chi connectivity index (χ4n) is 5.12. The van der Waals surface area contributed by atoms with Gasteiger partial charge in [-0.1, -0.05) is 30.3 Å². The molecule has 4 atom stereocenters. The molecule has 1 aromatic rings. The number of fused-ring (bicyclic) bond motifs is 1. The number of hydrogen-bond donors (Lipinski definition) is 3. The summed E-state index contributed by atoms with van der Waals surface area (Å²) in [7, 11) is 0. The van der Waals surface area contributed by atoms with E-state index in [9.17, 15) is 4.79 Å². The van der Waals surface area contributed by atoms with E-state index in [2.05, 4.69) is 16.0 Å². The molecule has 3 N–H and O–H groups in total. The SMILES string of the molecule is O=C(N[C@H]1C[C@@H]2CN[C@@H](CC3CCNCC3)[C@H]2C1)OCc1ccccc1. The van der Waals surface area contributed by atoms with E-state index in [1.54, 1.807) is 0 Å². The number of amides is 1. The normalized spacial score (nSPS) is 31.5. The Morgan fingerprint density at radius 2 is 1.96 bits per heavy atom. The van der Waals surface area contributed by atoms with Gasteiger partial charge in [-0.2, -0.15) is 0 Å². The second-order valence-corrected chi connectivity index (χ2v) is 8.24. The zero-order chi connectivity index (χ0) is 17.8. The van der Waals surface area contributed by atoms with Crippen LogP contribution in [0.2, 0.25) is 0 Å². The maximum Gasteiger partial charge on any atom is 0.407 e. The van der Waals surface area contributed by atoms with Crippen molar-refractivity contribution in [3.63, 3.8) is 0 Å². The molecule has 0 spiro atoms. The van der Waals surface area contributed by atoms with Crippen molar-refractivity contribution in [2.24, 2.45) is 17.8 Å². The number of ether oxygens (including phenoxy) is 1. The summed E-state index contributed by atoms with van der Waals surface area (Å²) >= 11 is 0. The second-order valence-electron chi connectivity index (χ2n) is 8.24. The van der Waals surface area contributed by atoms with Crippen molar-refractivity contribution in [1.29, 1.82) is 0 Å². The Morgan fingerprint density at radius 1 is 1.15 bits per heavy atom. The molecule has 1 amide bonds. The first-order valence-electron chi connectivity index (χ1n) is 10.2. The van der Waals surface area contributed by atoms with E-state index in [0.717, 1.165) is 30.9 Å². The lowest BCUT2D eigenvalue weighted by Crippen LogP contribution is -2.37. The predicted molar refractivity (Wildman–Crippen MR) is 102 cm³/mol. The van der Waals surface area contributed by atoms with Crippen molar-refractivity contribution in [2.75, 3.05) is 19.6 Å². The van der Waals surface area contributed by atoms with E-state index in [1.165, 1.54) is 32.4 Å². The molecule has 2 saturated heterocycles. The smallest absolute Gasteiger partial charge is 0.407 e. The third kappa shape index (κ3) is 4.38. The van der Waals surface area contributed by atoms with Crippen LogP contribution in [0.5, 0.6) is 0 Å². The van der Waals surface area contributed by atoms with Crippen LogP contribution >= 0.6 is 0 Å². The van der Waals surface area contributed by atoms with Gasteiger partial charge in [-0.05, 0) is 75.1 Å². The molecule has 0 radical (unpaired) electrons. The minimum atomic E-state index is -0.276. The maximum absolute atomic E-state index is 12.1. The first kappa shape index (κ1) is 17.8. The van der Waals surface area contributed by atoms with Crippen molar-refractivity contribution < 1.29 is 9.53 Å². The summed E-state index contributed by atoms with van der Waals surface area (Å²) in [6, 6.07) is 10.7. The van der Waals surface area contributed by atoms with Crippen LogP contribution in [-0.4, -0.2) is 37.8 Å². The molecule has 3 aliphatic rings. The summed E-state index contributed by atoms with van der Waals surface area (Å²) in [4.78, 5) is 12.1. The van der Waals surface area contributed by atoms with Crippen LogP contribution in [0.25, 0.3) is 0 Å². The highest BCUT2D eigenvalue weighted by Gasteiger charge is 2.44. The molecule has 5 heteroatoms. The largest absolute Gasteiger partial charge is 0.445 e. The first-order valence-corrected chi connectivity index (χ1v) is 10.2. The highest BCUT2D eigenvalue weighted by molar-refractivity contribution is 5.67. The minimum Gasteiger partial charge on any atom is -0.445 e. The number of piperidine rings is 1. The number of benzene rings is 1. The van der Waals surface area contributed by atoms with Crippen molar-refractivity contribution in [3.8, 4) is 0 Å². The fraction of sp³-hybridized carbons (Fsp3) is 0.667. The van der Waals surface area contributed by atoms with Crippen molar-refractivity contribution in [3.05, 3.63) is 35.9 Å². The Labute approximate surface area is 156 Å². The van der Waals surface area contributed by atoms with Crippen LogP contribution in [0, 0.1) is 17.8 Å². The monoisotopic (exact) mass is 357 g/mol. The Bertz CT molecular complexity index is 588. The van der Waals surface area contributed by atoms with Gasteiger partial charge in [-0.25, -0.2) is 4.79 Å². The molecule has 1 aliphatic carbocycles. The number of rotatable bonds is 5. The van der Waals surface area contributed by atoms with E-state index >= 15 is 0 Å². The van der Waals surface area contributed by atoms with E-state index in [0.29, 0.717) is 24.5 Å². The zero-order valence-corrected chi connectivity index (χ0v) is 15.5. The summed E-state index contributed by atoms with van der Waals surface area (Å²) in [6.07, 6.45) is 5.82. The molecule has 0 aromatic heterocycles. The third-order valence-electron chi connectivity index (χ3n) is 6.49. The van der Waals surface area contributed by atoms with Gasteiger partial charge in [0.1, 0.15) is 6.61 Å². The van der Waals surface area contributed by atoms with Gasteiger partial charge >= 0.3 is 6.09 Å². The van der Waals surface area contributed by atoms with Gasteiger partial charge < -0.3 is 20.7 Å². The molecule has 1 saturated carbocycles. The van der Waals surface area contributed by atoms with Gasteiger partial charge in [0.15, 0.2) is 0 Å². The molecule has 0 bridgehead atoms. The van der Waals surface area contributed by atoms with E-state index in [-0.39, 0.29) is 12.1 Å². The van der Waals surface area contributed by atoms with Gasteiger partial charge in [0.25, 0.3) is 0 Å². The highest BCUT2D eigenvalue weighted by atomic mass is 16.5. The lowest BCUT2D eigenvalue weighted by Gasteiger charge is -2.28. The average molecular weight is 357 g/mol. The van der Waals surface area contributed by atoms with Crippen LogP contribution in [-0.2, 0) is 11.3 Å². The van der Waals surface area contributed by atoms with Gasteiger partial charge in [0, 0.05) is 12.1 Å². The zero-order valence-electron chi connectivity index (χ0n) is 15.5. The Kier molecular flexibility index (Phi) is 5.75. The molecular weight excluding hydrogens is 326 g/mol. The Hall–Kier alpha value is -1.59. The lowest BCUT2D eigenvalue weighted by molar-refractivity contribution is 0.135. The van der Waals surface area contributed by atoms with E-state index < -0.39 is 0 Å². The van der Waals surface area contributed by atoms with Gasteiger partial charge in [-0.15, -0.1) is 0 Å². The average Bonchev–Trinajstić information content (AvgIpc) is 3.23. The molecule has 2 heterocycles. The quantitative estimate of drug-likeness (QED) is 0.758. The van der Waals surface area contributed by atoms with Gasteiger partial charge in [-0.3, -0.25) is 0 Å². The lowest BCUT2D eigenvalue weighted by atomic mass is 9.84. The number of carbonyl (C=O) groups excluding carboxylic acids is 1. The first-order chi connectivity index (χ1) is 12.8. The molecule has 1 aromatic carbocycles. The number of hydrogen-bond acceptors (Lipinski definition) is 4. The van der Waals surface area contributed by atoms with Crippen LogP contribution in [0.3, 0.4) is 0 Å². The van der Waals surface area contributed by atoms with Crippen LogP contribution in [0.4, 0.5) is 4.79 Å². The van der Waals surface area contributed by atoms with Crippen LogP contribution in [0.1, 0.15) is 37.7 Å². The number of carbonyl (C=O) groups is 1. The molecule has 0 unspecified atom stereocenters. The minimum absolute atomic E-state index is 0.269. The molecule has 26 heavy (non-hydrogen) atoms. The van der Waals surface area contributed by atoms with Crippen LogP contribution in [0.15, 0.2) is 30.3 Å². The standard InChI is InChI=1S/C21H31N3O2/c25-21(26-14-16-4-2-1-3-5-16)24-18-11-17-13-23-20(19(17)12-18)10-15-6-8-22-9-7-15/h1-5,15,17-20,22-23H,6-14H2,(H,24,25)/t17-,18+,19+,20+/m1/s1. The molecule has 142 valence electrons. The fourth-order valence-corrected chi connectivity index (χ4v) is 5.12. The van der Waals surface area contributed by atoms with E-state index in [1.807, 2.05) is 30.3 Å². The number of nitrogens with one attached hydrogen (secondary N) is 3. The molecule has 5 nitrogen and oxygen atoms in total.